The van der Waals surface area contributed by atoms with E-state index >= 15 is 4.39 Å². The van der Waals surface area contributed by atoms with Gasteiger partial charge in [-0.15, -0.1) is 0 Å². The van der Waals surface area contributed by atoms with Crippen LogP contribution in [0.25, 0.3) is 33.3 Å². The zero-order valence-corrected chi connectivity index (χ0v) is 21.1. The minimum absolute atomic E-state index is 0.0235. The van der Waals surface area contributed by atoms with E-state index < -0.39 is 5.82 Å². The molecular formula is C30H28FN5O2. The number of ether oxygens (including phenoxy) is 1. The number of nitrogens with two attached hydrogens (primary N) is 1. The molecule has 2 heterocycles. The first kappa shape index (κ1) is 25.0. The van der Waals surface area contributed by atoms with Gasteiger partial charge in [0.15, 0.2) is 11.6 Å². The van der Waals surface area contributed by atoms with Gasteiger partial charge in [0.2, 0.25) is 5.91 Å². The Balaban J connectivity index is 1.66. The van der Waals surface area contributed by atoms with E-state index in [1.807, 2.05) is 29.8 Å². The van der Waals surface area contributed by atoms with Crippen LogP contribution in [0.5, 0.6) is 5.75 Å². The van der Waals surface area contributed by atoms with E-state index in [1.165, 1.54) is 24.8 Å². The molecule has 0 bridgehead atoms. The first-order valence-corrected chi connectivity index (χ1v) is 12.6. The van der Waals surface area contributed by atoms with Crippen molar-refractivity contribution in [1.82, 2.24) is 9.55 Å². The Hall–Kier alpha value is -4.64. The number of carbonyl (C=O) groups is 1. The summed E-state index contributed by atoms with van der Waals surface area (Å²) in [7, 11) is 1.84. The summed E-state index contributed by atoms with van der Waals surface area (Å²) in [5.41, 5.74) is 10.7. The highest BCUT2D eigenvalue weighted by molar-refractivity contribution is 6.10. The van der Waals surface area contributed by atoms with Gasteiger partial charge in [-0.2, -0.15) is 5.26 Å². The van der Waals surface area contributed by atoms with Crippen molar-refractivity contribution < 1.29 is 13.9 Å². The lowest BCUT2D eigenvalue weighted by Crippen LogP contribution is -2.20. The number of pyridine rings is 1. The van der Waals surface area contributed by atoms with Gasteiger partial charge in [0, 0.05) is 24.5 Å². The number of nitrogen functional groups attached to an aromatic ring is 1. The van der Waals surface area contributed by atoms with Gasteiger partial charge >= 0.3 is 0 Å². The number of anilines is 2. The second kappa shape index (κ2) is 10.4. The number of hydrogen-bond acceptors (Lipinski definition) is 5. The van der Waals surface area contributed by atoms with Crippen molar-refractivity contribution in [3.63, 3.8) is 0 Å². The van der Waals surface area contributed by atoms with Gasteiger partial charge in [0.05, 0.1) is 28.3 Å². The molecule has 0 spiro atoms. The van der Waals surface area contributed by atoms with Crippen LogP contribution in [-0.4, -0.2) is 21.6 Å². The highest BCUT2D eigenvalue weighted by Crippen LogP contribution is 2.44. The quantitative estimate of drug-likeness (QED) is 0.295. The van der Waals surface area contributed by atoms with E-state index in [4.69, 9.17) is 10.5 Å². The number of carbonyl (C=O) groups excluding carboxylic acids is 1. The summed E-state index contributed by atoms with van der Waals surface area (Å²) in [4.78, 5) is 16.0. The zero-order valence-electron chi connectivity index (χ0n) is 21.1. The first-order valence-electron chi connectivity index (χ1n) is 12.6. The maximum absolute atomic E-state index is 15.4. The van der Waals surface area contributed by atoms with Crippen molar-refractivity contribution in [3.8, 4) is 34.2 Å². The molecule has 4 aromatic rings. The summed E-state index contributed by atoms with van der Waals surface area (Å²) < 4.78 is 23.3. The highest BCUT2D eigenvalue weighted by atomic mass is 19.1. The number of hydrogen-bond donors (Lipinski definition) is 2. The molecule has 2 aromatic carbocycles. The summed E-state index contributed by atoms with van der Waals surface area (Å²) in [6.07, 6.45) is 7.89. The summed E-state index contributed by atoms with van der Waals surface area (Å²) in [6, 6.07) is 14.4. The number of benzene rings is 2. The summed E-state index contributed by atoms with van der Waals surface area (Å²) in [5.74, 6) is -0.296. The highest BCUT2D eigenvalue weighted by Gasteiger charge is 2.24. The molecular weight excluding hydrogens is 481 g/mol. The molecule has 1 aliphatic carbocycles. The van der Waals surface area contributed by atoms with Crippen LogP contribution in [0.1, 0.15) is 37.7 Å². The van der Waals surface area contributed by atoms with Gasteiger partial charge in [-0.3, -0.25) is 4.79 Å². The number of amides is 1. The van der Waals surface area contributed by atoms with Crippen molar-refractivity contribution in [2.24, 2.45) is 7.05 Å². The van der Waals surface area contributed by atoms with Crippen LogP contribution in [0.15, 0.2) is 61.3 Å². The Kier molecular flexibility index (Phi) is 6.84. The second-order valence-electron chi connectivity index (χ2n) is 9.47. The lowest BCUT2D eigenvalue weighted by molar-refractivity contribution is -0.111. The largest absolute Gasteiger partial charge is 0.487 e. The minimum atomic E-state index is -0.457. The number of nitrogens with zero attached hydrogens (tertiary/aromatic N) is 3. The van der Waals surface area contributed by atoms with Crippen LogP contribution >= 0.6 is 0 Å². The van der Waals surface area contributed by atoms with E-state index in [0.29, 0.717) is 33.3 Å². The standard InChI is InChI=1S/C30H28FN5O2/c1-3-25(37)35-21-12-9-18(10-13-21)28-26(27-29(36(28)2)20(16-32)17-34-30(27)33)19-11-14-24(23(31)15-19)38-22-7-5-4-6-8-22/h3,9-15,17,22H,1,4-8H2,2H3,(H2,33,34)(H,35,37). The SMILES string of the molecule is C=CC(=O)Nc1ccc(-c2c(-c3ccc(OC4CCCCC4)c(F)c3)c3c(N)ncc(C#N)c3n2C)cc1. The average Bonchev–Trinajstić information content (AvgIpc) is 3.25. The molecule has 3 N–H and O–H groups in total. The number of rotatable bonds is 6. The molecule has 1 amide bonds. The van der Waals surface area contributed by atoms with E-state index in [0.717, 1.165) is 36.9 Å². The molecule has 2 aromatic heterocycles. The van der Waals surface area contributed by atoms with Gasteiger partial charge < -0.3 is 20.4 Å². The second-order valence-corrected chi connectivity index (χ2v) is 9.47. The Bertz CT molecular complexity index is 1580. The number of aryl methyl sites for hydroxylation is 1. The van der Waals surface area contributed by atoms with Gasteiger partial charge in [-0.25, -0.2) is 9.37 Å². The van der Waals surface area contributed by atoms with Crippen molar-refractivity contribution in [3.05, 3.63) is 72.7 Å². The summed E-state index contributed by atoms with van der Waals surface area (Å²) >= 11 is 0. The molecule has 7 nitrogen and oxygen atoms in total. The molecule has 1 saturated carbocycles. The van der Waals surface area contributed by atoms with Crippen LogP contribution < -0.4 is 15.8 Å². The lowest BCUT2D eigenvalue weighted by atomic mass is 9.97. The van der Waals surface area contributed by atoms with Gasteiger partial charge in [-0.05, 0) is 67.2 Å². The molecule has 1 aliphatic rings. The maximum Gasteiger partial charge on any atom is 0.247 e. The van der Waals surface area contributed by atoms with Gasteiger partial charge in [-0.1, -0.05) is 31.2 Å². The fourth-order valence-electron chi connectivity index (χ4n) is 5.23. The third kappa shape index (κ3) is 4.59. The number of nitrogens with one attached hydrogen (secondary N) is 1. The third-order valence-electron chi connectivity index (χ3n) is 7.04. The van der Waals surface area contributed by atoms with Crippen molar-refractivity contribution >= 4 is 28.3 Å². The Morgan fingerprint density at radius 3 is 2.58 bits per heavy atom. The molecule has 0 saturated heterocycles. The van der Waals surface area contributed by atoms with E-state index in [1.54, 1.807) is 18.2 Å². The zero-order chi connectivity index (χ0) is 26.8. The van der Waals surface area contributed by atoms with Gasteiger partial charge in [0.1, 0.15) is 11.9 Å². The lowest BCUT2D eigenvalue weighted by Gasteiger charge is -2.23. The van der Waals surface area contributed by atoms with E-state index in [2.05, 4.69) is 22.9 Å². The van der Waals surface area contributed by atoms with Crippen LogP contribution in [0.4, 0.5) is 15.9 Å². The van der Waals surface area contributed by atoms with Crippen molar-refractivity contribution in [2.45, 2.75) is 38.2 Å². The fourth-order valence-corrected chi connectivity index (χ4v) is 5.23. The number of aromatic nitrogens is 2. The maximum atomic E-state index is 15.4. The smallest absolute Gasteiger partial charge is 0.247 e. The van der Waals surface area contributed by atoms with E-state index in [9.17, 15) is 10.1 Å². The molecule has 38 heavy (non-hydrogen) atoms. The summed E-state index contributed by atoms with van der Waals surface area (Å²) in [6.45, 7) is 3.47. The van der Waals surface area contributed by atoms with E-state index in [-0.39, 0.29) is 23.6 Å². The minimum Gasteiger partial charge on any atom is -0.487 e. The van der Waals surface area contributed by atoms with Crippen molar-refractivity contribution in [1.29, 1.82) is 5.26 Å². The van der Waals surface area contributed by atoms with Crippen molar-refractivity contribution in [2.75, 3.05) is 11.1 Å². The molecule has 5 rings (SSSR count). The molecule has 0 aliphatic heterocycles. The Morgan fingerprint density at radius 1 is 1.21 bits per heavy atom. The fraction of sp³-hybridized carbons (Fsp3) is 0.233. The number of halogens is 1. The predicted molar refractivity (Wildman–Crippen MR) is 147 cm³/mol. The topological polar surface area (TPSA) is 106 Å². The predicted octanol–water partition coefficient (Wildman–Crippen LogP) is 6.34. The Morgan fingerprint density at radius 2 is 1.92 bits per heavy atom. The van der Waals surface area contributed by atoms with Gasteiger partial charge in [0.25, 0.3) is 0 Å². The van der Waals surface area contributed by atoms with Crippen LogP contribution in [-0.2, 0) is 11.8 Å². The molecule has 0 radical (unpaired) electrons. The number of nitriles is 1. The monoisotopic (exact) mass is 509 g/mol. The third-order valence-corrected chi connectivity index (χ3v) is 7.04. The Labute approximate surface area is 220 Å². The first-order chi connectivity index (χ1) is 18.4. The average molecular weight is 510 g/mol. The molecule has 8 heteroatoms. The normalized spacial score (nSPS) is 13.7. The summed E-state index contributed by atoms with van der Waals surface area (Å²) in [5, 5.41) is 13.1. The molecule has 0 unspecified atom stereocenters. The van der Waals surface area contributed by atoms with Crippen LogP contribution in [0.3, 0.4) is 0 Å². The number of fused-ring (bicyclic) bond motifs is 1. The van der Waals surface area contributed by atoms with Crippen LogP contribution in [0, 0.1) is 17.1 Å². The molecule has 192 valence electrons. The van der Waals surface area contributed by atoms with Crippen LogP contribution in [0.2, 0.25) is 0 Å². The molecule has 0 atom stereocenters. The molecule has 1 fully saturated rings.